The number of carbonyl (C=O) groups excluding carboxylic acids is 1. The summed E-state index contributed by atoms with van der Waals surface area (Å²) >= 11 is 1.55. The number of nitrogens with zero attached hydrogens (tertiary/aromatic N) is 2. The summed E-state index contributed by atoms with van der Waals surface area (Å²) in [5.74, 6) is 1.86. The highest BCUT2D eigenvalue weighted by molar-refractivity contribution is 7.12. The van der Waals surface area contributed by atoms with E-state index in [1.165, 1.54) is 11.1 Å². The molecule has 3 aromatic rings. The van der Waals surface area contributed by atoms with Crippen LogP contribution in [0.15, 0.2) is 35.8 Å². The number of hydrogen-bond acceptors (Lipinski definition) is 4. The van der Waals surface area contributed by atoms with Gasteiger partial charge < -0.3 is 4.74 Å². The van der Waals surface area contributed by atoms with Gasteiger partial charge in [-0.15, -0.1) is 11.3 Å². The predicted molar refractivity (Wildman–Crippen MR) is 121 cm³/mol. The Hall–Kier alpha value is -2.40. The maximum Gasteiger partial charge on any atom is 0.194 e. The number of aldehydes is 1. The van der Waals surface area contributed by atoms with E-state index in [0.717, 1.165) is 41.3 Å². The zero-order valence-corrected chi connectivity index (χ0v) is 18.8. The lowest BCUT2D eigenvalue weighted by Crippen LogP contribution is -2.06. The van der Waals surface area contributed by atoms with Crippen LogP contribution in [0.3, 0.4) is 0 Å². The molecule has 0 spiro atoms. The molecule has 5 heteroatoms. The highest BCUT2D eigenvalue weighted by Crippen LogP contribution is 2.41. The van der Waals surface area contributed by atoms with Crippen molar-refractivity contribution >= 4 is 17.6 Å². The van der Waals surface area contributed by atoms with E-state index in [4.69, 9.17) is 9.72 Å². The second kappa shape index (κ2) is 9.40. The molecule has 0 aliphatic carbocycles. The van der Waals surface area contributed by atoms with Crippen molar-refractivity contribution in [3.8, 4) is 22.1 Å². The zero-order chi connectivity index (χ0) is 21.0. The van der Waals surface area contributed by atoms with Crippen molar-refractivity contribution in [1.29, 1.82) is 0 Å². The number of ether oxygens (including phenoxy) is 1. The molecule has 29 heavy (non-hydrogen) atoms. The fourth-order valence-corrected chi connectivity index (χ4v) is 4.31. The lowest BCUT2D eigenvalue weighted by atomic mass is 9.87. The van der Waals surface area contributed by atoms with E-state index in [-0.39, 0.29) is 0 Å². The average Bonchev–Trinajstić information content (AvgIpc) is 3.41. The molecule has 0 fully saturated rings. The minimum Gasteiger partial charge on any atom is -0.493 e. The van der Waals surface area contributed by atoms with Crippen LogP contribution in [-0.2, 0) is 0 Å². The molecule has 3 rings (SSSR count). The zero-order valence-electron chi connectivity index (χ0n) is 17.9. The van der Waals surface area contributed by atoms with Gasteiger partial charge in [-0.25, -0.2) is 4.98 Å². The third-order valence-electron chi connectivity index (χ3n) is 5.62. The van der Waals surface area contributed by atoms with Gasteiger partial charge in [0.15, 0.2) is 11.4 Å². The van der Waals surface area contributed by atoms with Gasteiger partial charge >= 0.3 is 0 Å². The van der Waals surface area contributed by atoms with E-state index in [1.54, 1.807) is 17.4 Å². The van der Waals surface area contributed by atoms with E-state index in [0.29, 0.717) is 24.1 Å². The van der Waals surface area contributed by atoms with Gasteiger partial charge in [0.2, 0.25) is 0 Å². The van der Waals surface area contributed by atoms with E-state index in [2.05, 4.69) is 45.2 Å². The summed E-state index contributed by atoms with van der Waals surface area (Å²) < 4.78 is 7.97. The summed E-state index contributed by atoms with van der Waals surface area (Å²) in [6, 6.07) is 8.14. The molecule has 0 radical (unpaired) electrons. The van der Waals surface area contributed by atoms with Crippen molar-refractivity contribution in [2.24, 2.45) is 0 Å². The fourth-order valence-electron chi connectivity index (χ4n) is 3.48. The van der Waals surface area contributed by atoms with Crippen molar-refractivity contribution in [1.82, 2.24) is 9.55 Å². The highest BCUT2D eigenvalue weighted by atomic mass is 32.1. The molecule has 2 unspecified atom stereocenters. The van der Waals surface area contributed by atoms with Crippen molar-refractivity contribution in [3.05, 3.63) is 52.7 Å². The van der Waals surface area contributed by atoms with Crippen LogP contribution in [0.25, 0.3) is 16.4 Å². The molecule has 1 aromatic carbocycles. The third kappa shape index (κ3) is 4.30. The standard InChI is InChI=1S/C24H30N2O2S/c1-6-16(4)20-12-18(13-21(17(5)7-2)23(20)28-8-3)22-15-29-24(25-22)26-11-9-10-19(26)14-27/h9-17H,6-8H2,1-5H3. The Bertz CT molecular complexity index is 942. The number of aromatic nitrogens is 2. The van der Waals surface area contributed by atoms with Crippen LogP contribution in [0.4, 0.5) is 0 Å². The molecule has 0 aliphatic rings. The number of hydrogen-bond donors (Lipinski definition) is 0. The average molecular weight is 411 g/mol. The van der Waals surface area contributed by atoms with Crippen LogP contribution < -0.4 is 4.74 Å². The number of benzene rings is 1. The number of carbonyl (C=O) groups is 1. The molecule has 4 nitrogen and oxygen atoms in total. The smallest absolute Gasteiger partial charge is 0.194 e. The van der Waals surface area contributed by atoms with Gasteiger partial charge in [0, 0.05) is 17.1 Å². The van der Waals surface area contributed by atoms with Gasteiger partial charge in [-0.05, 0) is 67.0 Å². The molecule has 0 saturated heterocycles. The number of rotatable bonds is 9. The van der Waals surface area contributed by atoms with Gasteiger partial charge in [-0.2, -0.15) is 0 Å². The molecule has 0 bridgehead atoms. The van der Waals surface area contributed by atoms with E-state index in [9.17, 15) is 4.79 Å². The molecule has 2 aromatic heterocycles. The summed E-state index contributed by atoms with van der Waals surface area (Å²) in [6.07, 6.45) is 4.84. The first-order valence-corrected chi connectivity index (χ1v) is 11.3. The van der Waals surface area contributed by atoms with Crippen LogP contribution in [0, 0.1) is 0 Å². The molecule has 0 N–H and O–H groups in total. The molecule has 2 atom stereocenters. The SMILES string of the molecule is CCOc1c(C(C)CC)cc(-c2csc(-n3cccc3C=O)n2)cc1C(C)CC. The van der Waals surface area contributed by atoms with Crippen molar-refractivity contribution in [2.75, 3.05) is 6.61 Å². The first-order chi connectivity index (χ1) is 14.0. The van der Waals surface area contributed by atoms with E-state index < -0.39 is 0 Å². The largest absolute Gasteiger partial charge is 0.493 e. The van der Waals surface area contributed by atoms with E-state index >= 15 is 0 Å². The van der Waals surface area contributed by atoms with Crippen LogP contribution >= 0.6 is 11.3 Å². The monoisotopic (exact) mass is 410 g/mol. The lowest BCUT2D eigenvalue weighted by Gasteiger charge is -2.23. The molecule has 0 saturated carbocycles. The molecule has 0 aliphatic heterocycles. The van der Waals surface area contributed by atoms with Crippen LogP contribution in [0.1, 0.15) is 80.9 Å². The Morgan fingerprint density at radius 2 is 1.79 bits per heavy atom. The van der Waals surface area contributed by atoms with Crippen LogP contribution in [0.5, 0.6) is 5.75 Å². The minimum atomic E-state index is 0.406. The second-order valence-electron chi connectivity index (χ2n) is 7.47. The highest BCUT2D eigenvalue weighted by Gasteiger charge is 2.21. The fraction of sp³-hybridized carbons (Fsp3) is 0.417. The van der Waals surface area contributed by atoms with Gasteiger partial charge in [0.25, 0.3) is 0 Å². The molecular formula is C24H30N2O2S. The van der Waals surface area contributed by atoms with Crippen molar-refractivity contribution in [2.45, 2.75) is 59.3 Å². The molecule has 0 amide bonds. The normalized spacial score (nSPS) is 13.3. The minimum absolute atomic E-state index is 0.406. The van der Waals surface area contributed by atoms with Crippen molar-refractivity contribution < 1.29 is 9.53 Å². The number of thiazole rings is 1. The summed E-state index contributed by atoms with van der Waals surface area (Å²) in [5.41, 5.74) is 5.17. The predicted octanol–water partition coefficient (Wildman–Crippen LogP) is 6.84. The second-order valence-corrected chi connectivity index (χ2v) is 8.31. The summed E-state index contributed by atoms with van der Waals surface area (Å²) in [5, 5.41) is 2.87. The quantitative estimate of drug-likeness (QED) is 0.363. The maximum atomic E-state index is 11.3. The molecular weight excluding hydrogens is 380 g/mol. The summed E-state index contributed by atoms with van der Waals surface area (Å²) in [7, 11) is 0. The molecule has 154 valence electrons. The Morgan fingerprint density at radius 1 is 1.14 bits per heavy atom. The third-order valence-corrected chi connectivity index (χ3v) is 6.46. The van der Waals surface area contributed by atoms with Gasteiger partial charge in [-0.3, -0.25) is 9.36 Å². The van der Waals surface area contributed by atoms with Gasteiger partial charge in [0.05, 0.1) is 18.0 Å². The van der Waals surface area contributed by atoms with Gasteiger partial charge in [-0.1, -0.05) is 27.7 Å². The van der Waals surface area contributed by atoms with Gasteiger partial charge in [0.1, 0.15) is 5.75 Å². The lowest BCUT2D eigenvalue weighted by molar-refractivity contribution is 0.111. The maximum absolute atomic E-state index is 11.3. The Morgan fingerprint density at radius 3 is 2.34 bits per heavy atom. The first kappa shape index (κ1) is 21.3. The van der Waals surface area contributed by atoms with Crippen LogP contribution in [0.2, 0.25) is 0 Å². The Kier molecular flexibility index (Phi) is 6.91. The van der Waals surface area contributed by atoms with Crippen molar-refractivity contribution in [3.63, 3.8) is 0 Å². The topological polar surface area (TPSA) is 44.1 Å². The van der Waals surface area contributed by atoms with E-state index in [1.807, 2.05) is 23.8 Å². The summed E-state index contributed by atoms with van der Waals surface area (Å²) in [6.45, 7) is 11.6. The Labute approximate surface area is 177 Å². The summed E-state index contributed by atoms with van der Waals surface area (Å²) in [4.78, 5) is 16.1. The Balaban J connectivity index is 2.13. The first-order valence-electron chi connectivity index (χ1n) is 10.4. The molecule has 2 heterocycles. The van der Waals surface area contributed by atoms with Crippen LogP contribution in [-0.4, -0.2) is 22.4 Å².